The van der Waals surface area contributed by atoms with Gasteiger partial charge < -0.3 is 20.3 Å². The van der Waals surface area contributed by atoms with Crippen LogP contribution in [0.1, 0.15) is 32.5 Å². The third-order valence-corrected chi connectivity index (χ3v) is 6.90. The van der Waals surface area contributed by atoms with Crippen molar-refractivity contribution in [3.8, 4) is 5.75 Å². The van der Waals surface area contributed by atoms with Crippen molar-refractivity contribution in [3.63, 3.8) is 0 Å². The number of carbonyl (C=O) groups is 1. The molecule has 25 heavy (non-hydrogen) atoms. The lowest BCUT2D eigenvalue weighted by Gasteiger charge is -2.28. The predicted molar refractivity (Wildman–Crippen MR) is 106 cm³/mol. The summed E-state index contributed by atoms with van der Waals surface area (Å²) in [6, 6.07) is 3.90. The van der Waals surface area contributed by atoms with Gasteiger partial charge in [0, 0.05) is 16.5 Å². The second-order valence-electron chi connectivity index (χ2n) is 6.40. The highest BCUT2D eigenvalue weighted by atomic mass is 79.9. The van der Waals surface area contributed by atoms with Gasteiger partial charge in [0.25, 0.3) is 5.91 Å². The first kappa shape index (κ1) is 17.3. The molecule has 0 aliphatic carbocycles. The number of ether oxygens (including phenoxy) is 1. The molecule has 1 aromatic heterocycles. The Labute approximate surface area is 167 Å². The Morgan fingerprint density at radius 3 is 2.88 bits per heavy atom. The number of benzene rings is 1. The van der Waals surface area contributed by atoms with Crippen LogP contribution in [0.3, 0.4) is 0 Å². The van der Waals surface area contributed by atoms with Crippen molar-refractivity contribution < 1.29 is 14.4 Å². The lowest BCUT2D eigenvalue weighted by molar-refractivity contribution is -0.895. The molecule has 8 heteroatoms. The standard InChI is InChI=1S/C17H17Br2N3O2S/c1-22-4-3-9-12(7-22)25-17-13(9)16(23)20-15(21-17)10-5-8(18)6-11(19)14(10)24-2/h5-6,15,21H,3-4,7H2,1-2H3,(H,20,23)/p+1/t15-/m1/s1. The van der Waals surface area contributed by atoms with Crippen LogP contribution in [0, 0.1) is 0 Å². The molecule has 0 spiro atoms. The maximum atomic E-state index is 12.8. The molecule has 0 fully saturated rings. The molecule has 2 aliphatic heterocycles. The van der Waals surface area contributed by atoms with Crippen LogP contribution in [-0.4, -0.2) is 26.6 Å². The Balaban J connectivity index is 1.75. The predicted octanol–water partition coefficient (Wildman–Crippen LogP) is 2.71. The van der Waals surface area contributed by atoms with Gasteiger partial charge in [-0.15, -0.1) is 11.3 Å². The Hall–Kier alpha value is -1.09. The van der Waals surface area contributed by atoms with Gasteiger partial charge in [0.2, 0.25) is 0 Å². The Bertz CT molecular complexity index is 868. The fraction of sp³-hybridized carbons (Fsp3) is 0.353. The van der Waals surface area contributed by atoms with E-state index < -0.39 is 0 Å². The molecule has 1 aromatic carbocycles. The Morgan fingerprint density at radius 2 is 2.12 bits per heavy atom. The summed E-state index contributed by atoms with van der Waals surface area (Å²) in [5.74, 6) is 0.712. The topological polar surface area (TPSA) is 54.8 Å². The molecule has 3 N–H and O–H groups in total. The fourth-order valence-corrected chi connectivity index (χ4v) is 6.31. The summed E-state index contributed by atoms with van der Waals surface area (Å²) < 4.78 is 7.31. The molecule has 0 saturated carbocycles. The molecule has 2 aromatic rings. The van der Waals surface area contributed by atoms with E-state index >= 15 is 0 Å². The van der Waals surface area contributed by atoms with E-state index in [2.05, 4.69) is 49.5 Å². The van der Waals surface area contributed by atoms with Crippen LogP contribution < -0.4 is 20.3 Å². The van der Waals surface area contributed by atoms with E-state index in [1.54, 1.807) is 18.4 Å². The molecule has 0 radical (unpaired) electrons. The van der Waals surface area contributed by atoms with Gasteiger partial charge in [-0.25, -0.2) is 0 Å². The second-order valence-corrected chi connectivity index (χ2v) is 9.28. The number of thiophene rings is 1. The SMILES string of the molecule is COc1c(Br)cc(Br)cc1[C@@H]1NC(=O)c2c(sc3c2CC[NH+](C)C3)N1. The van der Waals surface area contributed by atoms with Gasteiger partial charge in [-0.05, 0) is 33.6 Å². The van der Waals surface area contributed by atoms with E-state index in [1.165, 1.54) is 15.3 Å². The van der Waals surface area contributed by atoms with Crippen LogP contribution in [0.25, 0.3) is 0 Å². The second kappa shape index (κ2) is 6.57. The molecular formula is C17H18Br2N3O2S+. The van der Waals surface area contributed by atoms with Gasteiger partial charge >= 0.3 is 0 Å². The highest BCUT2D eigenvalue weighted by molar-refractivity contribution is 9.11. The van der Waals surface area contributed by atoms with Crippen LogP contribution in [0.15, 0.2) is 21.1 Å². The number of halogens is 2. The normalized spacial score (nSPS) is 21.8. The number of anilines is 1. The molecule has 3 heterocycles. The fourth-order valence-electron chi connectivity index (χ4n) is 3.50. The van der Waals surface area contributed by atoms with Crippen LogP contribution in [0.4, 0.5) is 5.00 Å². The van der Waals surface area contributed by atoms with Gasteiger partial charge in [-0.2, -0.15) is 0 Å². The molecule has 2 aliphatic rings. The summed E-state index contributed by atoms with van der Waals surface area (Å²) in [5.41, 5.74) is 2.94. The largest absolute Gasteiger partial charge is 0.495 e. The smallest absolute Gasteiger partial charge is 0.256 e. The first-order valence-corrected chi connectivity index (χ1v) is 10.4. The summed E-state index contributed by atoms with van der Waals surface area (Å²) in [7, 11) is 3.83. The van der Waals surface area contributed by atoms with Crippen molar-refractivity contribution in [2.24, 2.45) is 0 Å². The van der Waals surface area contributed by atoms with Crippen molar-refractivity contribution in [1.29, 1.82) is 0 Å². The zero-order valence-electron chi connectivity index (χ0n) is 13.8. The van der Waals surface area contributed by atoms with Gasteiger partial charge in [0.15, 0.2) is 0 Å². The summed E-state index contributed by atoms with van der Waals surface area (Å²) in [6.45, 7) is 2.05. The zero-order chi connectivity index (χ0) is 17.7. The first-order chi connectivity index (χ1) is 12.0. The number of amides is 1. The minimum atomic E-state index is -0.325. The minimum Gasteiger partial charge on any atom is -0.495 e. The number of carbonyl (C=O) groups excluding carboxylic acids is 1. The maximum absolute atomic E-state index is 12.8. The Morgan fingerprint density at radius 1 is 1.32 bits per heavy atom. The molecular weight excluding hydrogens is 470 g/mol. The lowest BCUT2D eigenvalue weighted by Crippen LogP contribution is -3.08. The van der Waals surface area contributed by atoms with Gasteiger partial charge in [0.1, 0.15) is 23.5 Å². The number of hydrogen-bond donors (Lipinski definition) is 3. The van der Waals surface area contributed by atoms with Gasteiger partial charge in [0.05, 0.1) is 35.6 Å². The van der Waals surface area contributed by atoms with E-state index in [4.69, 9.17) is 4.74 Å². The molecule has 132 valence electrons. The first-order valence-electron chi connectivity index (χ1n) is 8.04. The van der Waals surface area contributed by atoms with E-state index in [0.29, 0.717) is 0 Å². The maximum Gasteiger partial charge on any atom is 0.256 e. The summed E-state index contributed by atoms with van der Waals surface area (Å²) in [5, 5.41) is 7.56. The number of hydrogen-bond acceptors (Lipinski definition) is 4. The third kappa shape index (κ3) is 2.99. The molecule has 1 unspecified atom stereocenters. The number of fused-ring (bicyclic) bond motifs is 3. The van der Waals surface area contributed by atoms with Crippen molar-refractivity contribution >= 4 is 54.1 Å². The minimum absolute atomic E-state index is 0.00560. The molecule has 0 bridgehead atoms. The summed E-state index contributed by atoms with van der Waals surface area (Å²) >= 11 is 8.75. The number of quaternary nitrogens is 1. The van der Waals surface area contributed by atoms with E-state index in [9.17, 15) is 4.79 Å². The van der Waals surface area contributed by atoms with Crippen LogP contribution in [-0.2, 0) is 13.0 Å². The van der Waals surface area contributed by atoms with Crippen LogP contribution in [0.5, 0.6) is 5.75 Å². The zero-order valence-corrected chi connectivity index (χ0v) is 17.8. The monoisotopic (exact) mass is 486 g/mol. The average molecular weight is 488 g/mol. The number of likely N-dealkylation sites (N-methyl/N-ethyl adjacent to an activating group) is 1. The van der Waals surface area contributed by atoms with E-state index in [-0.39, 0.29) is 12.1 Å². The molecule has 0 saturated heterocycles. The number of nitrogens with one attached hydrogen (secondary N) is 3. The third-order valence-electron chi connectivity index (χ3n) is 4.68. The van der Waals surface area contributed by atoms with Crippen molar-refractivity contribution in [2.45, 2.75) is 19.1 Å². The van der Waals surface area contributed by atoms with Crippen molar-refractivity contribution in [3.05, 3.63) is 42.6 Å². The summed E-state index contributed by atoms with van der Waals surface area (Å²) in [6.07, 6.45) is 0.632. The molecule has 4 rings (SSSR count). The quantitative estimate of drug-likeness (QED) is 0.610. The van der Waals surface area contributed by atoms with Gasteiger partial charge in [-0.3, -0.25) is 4.79 Å². The van der Waals surface area contributed by atoms with Crippen molar-refractivity contribution in [1.82, 2.24) is 5.32 Å². The Kier molecular flexibility index (Phi) is 4.56. The number of rotatable bonds is 2. The van der Waals surface area contributed by atoms with Gasteiger partial charge in [-0.1, -0.05) is 15.9 Å². The van der Waals surface area contributed by atoms with E-state index in [0.717, 1.165) is 50.3 Å². The average Bonchev–Trinajstić information content (AvgIpc) is 2.91. The summed E-state index contributed by atoms with van der Waals surface area (Å²) in [4.78, 5) is 15.6. The molecule has 1 amide bonds. The van der Waals surface area contributed by atoms with Crippen molar-refractivity contribution in [2.75, 3.05) is 26.0 Å². The van der Waals surface area contributed by atoms with Crippen LogP contribution in [0.2, 0.25) is 0 Å². The molecule has 2 atom stereocenters. The van der Waals surface area contributed by atoms with E-state index in [1.807, 2.05) is 12.1 Å². The lowest BCUT2D eigenvalue weighted by atomic mass is 10.0. The van der Waals surface area contributed by atoms with Crippen LogP contribution >= 0.6 is 43.2 Å². The number of methoxy groups -OCH3 is 1. The highest BCUT2D eigenvalue weighted by Gasteiger charge is 2.35. The highest BCUT2D eigenvalue weighted by Crippen LogP contribution is 2.42. The molecule has 5 nitrogen and oxygen atoms in total.